The predicted molar refractivity (Wildman–Crippen MR) is 130 cm³/mol. The number of nitrogens with one attached hydrogen (secondary N) is 1. The topological polar surface area (TPSA) is 82.1 Å². The van der Waals surface area contributed by atoms with Crippen LogP contribution in [0.2, 0.25) is 0 Å². The smallest absolute Gasteiger partial charge is 0.263 e. The standard InChI is InChI=1S/C27H33N3O4/c1-29(23(18-5-3-2-4-6-18)17-30-14-13-22(31)16-30)27(33)25-11-9-20-15-21(10-12-24(20)34-25)28-26(32)19-7-8-19/h2-6,10,12,15,19,22-23,25,31H,7-9,11,13-14,16-17H2,1H3,(H,28,32). The molecule has 2 aliphatic heterocycles. The molecule has 2 heterocycles. The number of fused-ring (bicyclic) bond motifs is 1. The van der Waals surface area contributed by atoms with Gasteiger partial charge in [-0.3, -0.25) is 14.5 Å². The minimum absolute atomic E-state index is 0.0367. The molecule has 180 valence electrons. The molecule has 3 unspecified atom stereocenters. The Kier molecular flexibility index (Phi) is 6.57. The minimum Gasteiger partial charge on any atom is -0.480 e. The van der Waals surface area contributed by atoms with Gasteiger partial charge in [0.25, 0.3) is 5.91 Å². The van der Waals surface area contributed by atoms with Gasteiger partial charge in [-0.1, -0.05) is 30.3 Å². The first-order valence-corrected chi connectivity index (χ1v) is 12.3. The van der Waals surface area contributed by atoms with E-state index in [1.165, 1.54) is 0 Å². The number of β-amino-alcohol motifs (C(OH)–C–C–N with tert-alkyl or cyclic N) is 1. The first-order chi connectivity index (χ1) is 16.5. The molecular weight excluding hydrogens is 430 g/mol. The third kappa shape index (κ3) is 5.10. The third-order valence-electron chi connectivity index (χ3n) is 7.17. The molecule has 5 rings (SSSR count). The lowest BCUT2D eigenvalue weighted by atomic mass is 9.99. The maximum Gasteiger partial charge on any atom is 0.263 e. The molecule has 7 heteroatoms. The zero-order chi connectivity index (χ0) is 23.7. The van der Waals surface area contributed by atoms with Gasteiger partial charge < -0.3 is 20.1 Å². The molecule has 3 atom stereocenters. The van der Waals surface area contributed by atoms with E-state index >= 15 is 0 Å². The first-order valence-electron chi connectivity index (χ1n) is 12.3. The van der Waals surface area contributed by atoms with Crippen LogP contribution in [0.25, 0.3) is 0 Å². The van der Waals surface area contributed by atoms with Gasteiger partial charge >= 0.3 is 0 Å². The van der Waals surface area contributed by atoms with Crippen molar-refractivity contribution in [3.8, 4) is 5.75 Å². The number of likely N-dealkylation sites (N-methyl/N-ethyl adjacent to an activating group) is 1. The number of hydrogen-bond acceptors (Lipinski definition) is 5. The van der Waals surface area contributed by atoms with Crippen molar-refractivity contribution in [3.63, 3.8) is 0 Å². The summed E-state index contributed by atoms with van der Waals surface area (Å²) in [5.41, 5.74) is 2.89. The highest BCUT2D eigenvalue weighted by Gasteiger charge is 2.34. The summed E-state index contributed by atoms with van der Waals surface area (Å²) in [4.78, 5) is 29.6. The van der Waals surface area contributed by atoms with Gasteiger partial charge in [0.2, 0.25) is 5.91 Å². The number of anilines is 1. The summed E-state index contributed by atoms with van der Waals surface area (Å²) in [6.07, 6.45) is 3.19. The number of aryl methyl sites for hydroxylation is 1. The molecule has 1 saturated carbocycles. The monoisotopic (exact) mass is 463 g/mol. The number of ether oxygens (including phenoxy) is 1. The highest BCUT2D eigenvalue weighted by atomic mass is 16.5. The maximum atomic E-state index is 13.5. The van der Waals surface area contributed by atoms with E-state index in [1.54, 1.807) is 4.90 Å². The summed E-state index contributed by atoms with van der Waals surface area (Å²) >= 11 is 0. The molecule has 0 aromatic heterocycles. The van der Waals surface area contributed by atoms with Gasteiger partial charge in [-0.25, -0.2) is 0 Å². The van der Waals surface area contributed by atoms with Crippen LogP contribution in [-0.2, 0) is 16.0 Å². The zero-order valence-corrected chi connectivity index (χ0v) is 19.7. The Morgan fingerprint density at radius 1 is 1.15 bits per heavy atom. The van der Waals surface area contributed by atoms with Crippen molar-refractivity contribution in [1.82, 2.24) is 9.80 Å². The van der Waals surface area contributed by atoms with E-state index in [0.717, 1.165) is 49.0 Å². The van der Waals surface area contributed by atoms with E-state index in [9.17, 15) is 14.7 Å². The average Bonchev–Trinajstić information content (AvgIpc) is 3.63. The number of hydrogen-bond donors (Lipinski definition) is 2. The van der Waals surface area contributed by atoms with E-state index in [4.69, 9.17) is 4.74 Å². The van der Waals surface area contributed by atoms with Crippen molar-refractivity contribution in [1.29, 1.82) is 0 Å². The summed E-state index contributed by atoms with van der Waals surface area (Å²) in [7, 11) is 1.85. The van der Waals surface area contributed by atoms with Crippen LogP contribution < -0.4 is 10.1 Å². The fourth-order valence-corrected chi connectivity index (χ4v) is 4.96. The lowest BCUT2D eigenvalue weighted by Gasteiger charge is -2.35. The molecule has 2 aromatic rings. The summed E-state index contributed by atoms with van der Waals surface area (Å²) in [5.74, 6) is 0.918. The van der Waals surface area contributed by atoms with E-state index < -0.39 is 6.10 Å². The van der Waals surface area contributed by atoms with Crippen LogP contribution in [0.3, 0.4) is 0 Å². The molecule has 34 heavy (non-hydrogen) atoms. The van der Waals surface area contributed by atoms with Gasteiger partial charge in [0.15, 0.2) is 6.10 Å². The molecule has 2 fully saturated rings. The van der Waals surface area contributed by atoms with Crippen LogP contribution in [0.1, 0.15) is 42.9 Å². The second kappa shape index (κ2) is 9.76. The largest absolute Gasteiger partial charge is 0.480 e. The third-order valence-corrected chi connectivity index (χ3v) is 7.17. The van der Waals surface area contributed by atoms with E-state index in [0.29, 0.717) is 25.3 Å². The predicted octanol–water partition coefficient (Wildman–Crippen LogP) is 3.00. The van der Waals surface area contributed by atoms with Crippen molar-refractivity contribution >= 4 is 17.5 Å². The number of amides is 2. The molecule has 2 N–H and O–H groups in total. The summed E-state index contributed by atoms with van der Waals surface area (Å²) in [5, 5.41) is 12.9. The van der Waals surface area contributed by atoms with E-state index in [-0.39, 0.29) is 29.9 Å². The fourth-order valence-electron chi connectivity index (χ4n) is 4.96. The molecule has 0 radical (unpaired) electrons. The maximum absolute atomic E-state index is 13.5. The molecule has 1 saturated heterocycles. The molecule has 0 spiro atoms. The summed E-state index contributed by atoms with van der Waals surface area (Å²) in [6.45, 7) is 2.15. The van der Waals surface area contributed by atoms with Crippen LogP contribution in [0.4, 0.5) is 5.69 Å². The molecule has 0 bridgehead atoms. The van der Waals surface area contributed by atoms with Gasteiger partial charge in [0, 0.05) is 38.3 Å². The van der Waals surface area contributed by atoms with Crippen molar-refractivity contribution < 1.29 is 19.4 Å². The van der Waals surface area contributed by atoms with Gasteiger partial charge in [-0.15, -0.1) is 0 Å². The Balaban J connectivity index is 1.27. The van der Waals surface area contributed by atoms with Crippen molar-refractivity contribution in [2.45, 2.75) is 50.4 Å². The Bertz CT molecular complexity index is 1040. The number of nitrogens with zero attached hydrogens (tertiary/aromatic N) is 2. The van der Waals surface area contributed by atoms with Gasteiger partial charge in [0.05, 0.1) is 12.1 Å². The Morgan fingerprint density at radius 3 is 2.65 bits per heavy atom. The number of likely N-dealkylation sites (tertiary alicyclic amines) is 1. The zero-order valence-electron chi connectivity index (χ0n) is 19.7. The van der Waals surface area contributed by atoms with Crippen molar-refractivity contribution in [3.05, 3.63) is 59.7 Å². The molecule has 3 aliphatic rings. The van der Waals surface area contributed by atoms with Crippen LogP contribution in [0.15, 0.2) is 48.5 Å². The number of aliphatic hydroxyl groups is 1. The summed E-state index contributed by atoms with van der Waals surface area (Å²) in [6, 6.07) is 15.6. The van der Waals surface area contributed by atoms with Crippen molar-refractivity contribution in [2.75, 3.05) is 32.0 Å². The highest BCUT2D eigenvalue weighted by Crippen LogP contribution is 2.34. The Labute approximate surface area is 200 Å². The average molecular weight is 464 g/mol. The number of benzene rings is 2. The summed E-state index contributed by atoms with van der Waals surface area (Å²) < 4.78 is 6.15. The Hall–Kier alpha value is -2.90. The SMILES string of the molecule is CN(C(=O)C1CCc2cc(NC(=O)C3CC3)ccc2O1)C(CN1CCC(O)C1)c1ccccc1. The second-order valence-electron chi connectivity index (χ2n) is 9.81. The first kappa shape index (κ1) is 22.9. The molecule has 2 amide bonds. The van der Waals surface area contributed by atoms with E-state index in [1.807, 2.05) is 43.4 Å². The molecule has 1 aliphatic carbocycles. The van der Waals surface area contributed by atoms with Gasteiger partial charge in [-0.05, 0) is 61.4 Å². The van der Waals surface area contributed by atoms with Crippen LogP contribution in [-0.4, -0.2) is 65.6 Å². The lowest BCUT2D eigenvalue weighted by Crippen LogP contribution is -2.46. The van der Waals surface area contributed by atoms with Gasteiger partial charge in [-0.2, -0.15) is 0 Å². The van der Waals surface area contributed by atoms with Crippen LogP contribution in [0, 0.1) is 5.92 Å². The minimum atomic E-state index is -0.542. The number of carbonyl (C=O) groups excluding carboxylic acids is 2. The highest BCUT2D eigenvalue weighted by molar-refractivity contribution is 5.94. The molecular formula is C27H33N3O4. The van der Waals surface area contributed by atoms with Crippen molar-refractivity contribution in [2.24, 2.45) is 5.92 Å². The normalized spacial score (nSPS) is 23.0. The van der Waals surface area contributed by atoms with E-state index in [2.05, 4.69) is 22.3 Å². The second-order valence-corrected chi connectivity index (χ2v) is 9.81. The molecule has 2 aromatic carbocycles. The van der Waals surface area contributed by atoms with Crippen LogP contribution >= 0.6 is 0 Å². The number of rotatable bonds is 7. The number of carbonyl (C=O) groups is 2. The van der Waals surface area contributed by atoms with Crippen LogP contribution in [0.5, 0.6) is 5.75 Å². The van der Waals surface area contributed by atoms with Gasteiger partial charge in [0.1, 0.15) is 5.75 Å². The quantitative estimate of drug-likeness (QED) is 0.660. The lowest BCUT2D eigenvalue weighted by molar-refractivity contribution is -0.140. The number of aliphatic hydroxyl groups excluding tert-OH is 1. The Morgan fingerprint density at radius 2 is 1.94 bits per heavy atom. The molecule has 7 nitrogen and oxygen atoms in total. The fraction of sp³-hybridized carbons (Fsp3) is 0.481.